The number of nitrogens with one attached hydrogen (secondary N) is 2. The molecule has 30 heavy (non-hydrogen) atoms. The first-order valence-corrected chi connectivity index (χ1v) is 11.1. The van der Waals surface area contributed by atoms with Crippen LogP contribution in [0.1, 0.15) is 12.8 Å². The summed E-state index contributed by atoms with van der Waals surface area (Å²) in [5, 5.41) is 6.89. The SMILES string of the molecule is O=C(Nc1ccc2nc(N3CCOCC3)sc2c1)Nc1cccnc1N1CCCC1. The van der Waals surface area contributed by atoms with Crippen LogP contribution >= 0.6 is 11.3 Å². The Kier molecular flexibility index (Phi) is 5.37. The van der Waals surface area contributed by atoms with E-state index in [-0.39, 0.29) is 6.03 Å². The van der Waals surface area contributed by atoms with E-state index < -0.39 is 0 Å². The molecule has 0 atom stereocenters. The highest BCUT2D eigenvalue weighted by molar-refractivity contribution is 7.22. The quantitative estimate of drug-likeness (QED) is 0.663. The zero-order valence-corrected chi connectivity index (χ0v) is 17.5. The summed E-state index contributed by atoms with van der Waals surface area (Å²) in [6.07, 6.45) is 4.08. The smallest absolute Gasteiger partial charge is 0.323 e. The lowest BCUT2D eigenvalue weighted by molar-refractivity contribution is 0.122. The van der Waals surface area contributed by atoms with Gasteiger partial charge in [-0.25, -0.2) is 14.8 Å². The molecule has 0 saturated carbocycles. The van der Waals surface area contributed by atoms with E-state index in [1.165, 1.54) is 0 Å². The number of benzene rings is 1. The molecule has 2 aliphatic rings. The molecule has 1 aromatic carbocycles. The van der Waals surface area contributed by atoms with E-state index in [9.17, 15) is 4.79 Å². The lowest BCUT2D eigenvalue weighted by Crippen LogP contribution is -2.36. The number of ether oxygens (including phenoxy) is 1. The maximum Gasteiger partial charge on any atom is 0.323 e. The topological polar surface area (TPSA) is 82.6 Å². The minimum atomic E-state index is -0.277. The van der Waals surface area contributed by atoms with E-state index in [1.807, 2.05) is 30.3 Å². The Morgan fingerprint density at radius 3 is 2.70 bits per heavy atom. The number of aromatic nitrogens is 2. The third kappa shape index (κ3) is 4.03. The van der Waals surface area contributed by atoms with Gasteiger partial charge in [0.15, 0.2) is 10.9 Å². The number of urea groups is 1. The molecule has 8 nitrogen and oxygen atoms in total. The van der Waals surface area contributed by atoms with Crippen molar-refractivity contribution in [2.75, 3.05) is 59.8 Å². The number of pyridine rings is 1. The van der Waals surface area contributed by atoms with Gasteiger partial charge in [0.2, 0.25) is 0 Å². The van der Waals surface area contributed by atoms with Crippen LogP contribution in [-0.4, -0.2) is 55.4 Å². The number of anilines is 4. The monoisotopic (exact) mass is 424 g/mol. The number of rotatable bonds is 4. The number of carbonyl (C=O) groups excluding carboxylic acids is 1. The summed E-state index contributed by atoms with van der Waals surface area (Å²) in [4.78, 5) is 26.3. The van der Waals surface area contributed by atoms with Gasteiger partial charge in [0.25, 0.3) is 0 Å². The van der Waals surface area contributed by atoms with Gasteiger partial charge in [-0.3, -0.25) is 0 Å². The molecular weight excluding hydrogens is 400 g/mol. The van der Waals surface area contributed by atoms with Gasteiger partial charge in [-0.15, -0.1) is 0 Å². The number of hydrogen-bond donors (Lipinski definition) is 2. The lowest BCUT2D eigenvalue weighted by Gasteiger charge is -2.25. The van der Waals surface area contributed by atoms with Crippen LogP contribution in [0, 0.1) is 0 Å². The van der Waals surface area contributed by atoms with Crippen LogP contribution in [0.2, 0.25) is 0 Å². The first-order chi connectivity index (χ1) is 14.8. The molecule has 156 valence electrons. The van der Waals surface area contributed by atoms with Gasteiger partial charge >= 0.3 is 6.03 Å². The predicted molar refractivity (Wildman–Crippen MR) is 121 cm³/mol. The molecule has 2 amide bonds. The molecule has 0 aliphatic carbocycles. The maximum atomic E-state index is 12.6. The molecule has 0 radical (unpaired) electrons. The fourth-order valence-corrected chi connectivity index (χ4v) is 4.90. The summed E-state index contributed by atoms with van der Waals surface area (Å²) in [5.74, 6) is 0.832. The fourth-order valence-electron chi connectivity index (χ4n) is 3.84. The van der Waals surface area contributed by atoms with E-state index in [4.69, 9.17) is 9.72 Å². The Hall–Kier alpha value is -2.91. The minimum absolute atomic E-state index is 0.277. The molecule has 0 bridgehead atoms. The second-order valence-corrected chi connectivity index (χ2v) is 8.44. The van der Waals surface area contributed by atoms with Crippen molar-refractivity contribution in [1.82, 2.24) is 9.97 Å². The molecule has 5 rings (SSSR count). The summed E-state index contributed by atoms with van der Waals surface area (Å²) >= 11 is 1.64. The standard InChI is InChI=1S/C21H24N6O2S/c28-20(24-17-4-3-7-22-19(17)26-8-1-2-9-26)23-15-5-6-16-18(14-15)30-21(25-16)27-10-12-29-13-11-27/h3-7,14H,1-2,8-13H2,(H2,23,24,28). The van der Waals surface area contributed by atoms with Crippen molar-refractivity contribution in [3.8, 4) is 0 Å². The molecule has 0 spiro atoms. The minimum Gasteiger partial charge on any atom is -0.378 e. The first-order valence-electron chi connectivity index (χ1n) is 10.3. The van der Waals surface area contributed by atoms with Crippen LogP contribution in [0.15, 0.2) is 36.5 Å². The third-order valence-electron chi connectivity index (χ3n) is 5.36. The Morgan fingerprint density at radius 1 is 1.03 bits per heavy atom. The largest absolute Gasteiger partial charge is 0.378 e. The molecule has 4 heterocycles. The lowest BCUT2D eigenvalue weighted by atomic mass is 10.3. The second kappa shape index (κ2) is 8.45. The zero-order chi connectivity index (χ0) is 20.3. The summed E-state index contributed by atoms with van der Waals surface area (Å²) in [7, 11) is 0. The van der Waals surface area contributed by atoms with Crippen LogP contribution in [-0.2, 0) is 4.74 Å². The summed E-state index contributed by atoms with van der Waals surface area (Å²) < 4.78 is 6.47. The molecular formula is C21H24N6O2S. The molecule has 2 aliphatic heterocycles. The van der Waals surface area contributed by atoms with Crippen molar-refractivity contribution in [3.63, 3.8) is 0 Å². The van der Waals surface area contributed by atoms with E-state index in [0.29, 0.717) is 0 Å². The predicted octanol–water partition coefficient (Wildman–Crippen LogP) is 3.77. The van der Waals surface area contributed by atoms with Gasteiger partial charge in [-0.05, 0) is 43.2 Å². The van der Waals surface area contributed by atoms with Gasteiger partial charge in [0.05, 0.1) is 29.1 Å². The van der Waals surface area contributed by atoms with Gasteiger partial charge < -0.3 is 25.2 Å². The van der Waals surface area contributed by atoms with Crippen LogP contribution in [0.25, 0.3) is 10.2 Å². The van der Waals surface area contributed by atoms with Crippen molar-refractivity contribution < 1.29 is 9.53 Å². The Bertz CT molecular complexity index is 1040. The molecule has 2 N–H and O–H groups in total. The molecule has 9 heteroatoms. The third-order valence-corrected chi connectivity index (χ3v) is 6.44. The van der Waals surface area contributed by atoms with Gasteiger partial charge in [0.1, 0.15) is 0 Å². The first kappa shape index (κ1) is 19.1. The summed E-state index contributed by atoms with van der Waals surface area (Å²) in [5.41, 5.74) is 2.41. The van der Waals surface area contributed by atoms with Crippen molar-refractivity contribution in [2.24, 2.45) is 0 Å². The average Bonchev–Trinajstić information content (AvgIpc) is 3.44. The van der Waals surface area contributed by atoms with E-state index in [2.05, 4.69) is 25.4 Å². The number of carbonyl (C=O) groups is 1. The average molecular weight is 425 g/mol. The molecule has 0 unspecified atom stereocenters. The van der Waals surface area contributed by atoms with Crippen molar-refractivity contribution in [3.05, 3.63) is 36.5 Å². The Morgan fingerprint density at radius 2 is 1.87 bits per heavy atom. The molecule has 3 aromatic rings. The number of amides is 2. The Labute approximate surface area is 178 Å². The maximum absolute atomic E-state index is 12.6. The van der Waals surface area contributed by atoms with Crippen LogP contribution in [0.4, 0.5) is 27.1 Å². The van der Waals surface area contributed by atoms with Crippen molar-refractivity contribution >= 4 is 49.9 Å². The zero-order valence-electron chi connectivity index (χ0n) is 16.6. The Balaban J connectivity index is 1.29. The van der Waals surface area contributed by atoms with E-state index in [1.54, 1.807) is 17.5 Å². The number of hydrogen-bond acceptors (Lipinski definition) is 7. The molecule has 2 aromatic heterocycles. The highest BCUT2D eigenvalue weighted by Gasteiger charge is 2.19. The molecule has 2 fully saturated rings. The fraction of sp³-hybridized carbons (Fsp3) is 0.381. The highest BCUT2D eigenvalue weighted by atomic mass is 32.1. The van der Waals surface area contributed by atoms with Gasteiger partial charge in [0, 0.05) is 38.1 Å². The molecule has 2 saturated heterocycles. The number of thiazole rings is 1. The van der Waals surface area contributed by atoms with Crippen LogP contribution < -0.4 is 20.4 Å². The van der Waals surface area contributed by atoms with Crippen molar-refractivity contribution in [1.29, 1.82) is 0 Å². The van der Waals surface area contributed by atoms with Gasteiger partial charge in [-0.1, -0.05) is 11.3 Å². The van der Waals surface area contributed by atoms with Crippen LogP contribution in [0.3, 0.4) is 0 Å². The van der Waals surface area contributed by atoms with Crippen molar-refractivity contribution in [2.45, 2.75) is 12.8 Å². The number of morpholine rings is 1. The number of nitrogens with zero attached hydrogens (tertiary/aromatic N) is 4. The van der Waals surface area contributed by atoms with Gasteiger partial charge in [-0.2, -0.15) is 0 Å². The summed E-state index contributed by atoms with van der Waals surface area (Å²) in [6.45, 7) is 5.13. The number of fused-ring (bicyclic) bond motifs is 1. The van der Waals surface area contributed by atoms with E-state index in [0.717, 1.165) is 84.8 Å². The highest BCUT2D eigenvalue weighted by Crippen LogP contribution is 2.31. The van der Waals surface area contributed by atoms with Crippen LogP contribution in [0.5, 0.6) is 0 Å². The summed E-state index contributed by atoms with van der Waals surface area (Å²) in [6, 6.07) is 9.26. The normalized spacial score (nSPS) is 16.8. The second-order valence-electron chi connectivity index (χ2n) is 7.43. The van der Waals surface area contributed by atoms with E-state index >= 15 is 0 Å².